The van der Waals surface area contributed by atoms with E-state index in [0.29, 0.717) is 17.9 Å². The number of rotatable bonds is 2. The summed E-state index contributed by atoms with van der Waals surface area (Å²) in [7, 11) is 0. The highest BCUT2D eigenvalue weighted by Gasteiger charge is 2.35. The average Bonchev–Trinajstić information content (AvgIpc) is 2.94. The van der Waals surface area contributed by atoms with E-state index < -0.39 is 12.0 Å². The van der Waals surface area contributed by atoms with E-state index in [4.69, 9.17) is 5.26 Å². The Hall–Kier alpha value is -2.39. The van der Waals surface area contributed by atoms with Crippen molar-refractivity contribution in [1.82, 2.24) is 4.98 Å². The third kappa shape index (κ3) is 1.92. The van der Waals surface area contributed by atoms with Gasteiger partial charge in [0.1, 0.15) is 11.9 Å². The molecule has 0 saturated carbocycles. The van der Waals surface area contributed by atoms with E-state index in [1.165, 1.54) is 0 Å². The maximum Gasteiger partial charge on any atom is 0.331 e. The van der Waals surface area contributed by atoms with Crippen LogP contribution in [0.5, 0.6) is 0 Å². The highest BCUT2D eigenvalue weighted by molar-refractivity contribution is 7.10. The Morgan fingerprint density at radius 1 is 1.55 bits per heavy atom. The minimum atomic E-state index is -0.918. The van der Waals surface area contributed by atoms with Gasteiger partial charge in [0, 0.05) is 17.6 Å². The first kappa shape index (κ1) is 12.6. The van der Waals surface area contributed by atoms with Crippen LogP contribution in [-0.4, -0.2) is 22.6 Å². The van der Waals surface area contributed by atoms with E-state index in [1.54, 1.807) is 34.6 Å². The fourth-order valence-corrected chi connectivity index (χ4v) is 3.43. The molecule has 1 aliphatic heterocycles. The van der Waals surface area contributed by atoms with E-state index in [0.717, 1.165) is 16.9 Å². The number of carboxylic acid groups (broad SMARTS) is 1. The van der Waals surface area contributed by atoms with Gasteiger partial charge >= 0.3 is 5.97 Å². The first-order valence-electron chi connectivity index (χ1n) is 6.13. The summed E-state index contributed by atoms with van der Waals surface area (Å²) in [5.41, 5.74) is 1.21. The number of aromatic nitrogens is 1. The number of hydrogen-bond donors (Lipinski definition) is 1. The summed E-state index contributed by atoms with van der Waals surface area (Å²) >= 11 is 1.58. The zero-order valence-electron chi connectivity index (χ0n) is 10.5. The quantitative estimate of drug-likeness (QED) is 0.915. The van der Waals surface area contributed by atoms with Crippen LogP contribution >= 0.6 is 11.3 Å². The maximum absolute atomic E-state index is 11.7. The monoisotopic (exact) mass is 285 g/mol. The minimum absolute atomic E-state index is 0.400. The third-order valence-electron chi connectivity index (χ3n) is 3.38. The lowest BCUT2D eigenvalue weighted by Crippen LogP contribution is -2.40. The molecule has 5 nitrogen and oxygen atoms in total. The molecule has 100 valence electrons. The van der Waals surface area contributed by atoms with E-state index in [1.807, 2.05) is 11.4 Å². The van der Waals surface area contributed by atoms with Gasteiger partial charge in [-0.25, -0.2) is 9.78 Å². The summed E-state index contributed by atoms with van der Waals surface area (Å²) in [6.45, 7) is 0.552. The summed E-state index contributed by atoms with van der Waals surface area (Å²) < 4.78 is 0. The van der Waals surface area contributed by atoms with Gasteiger partial charge in [0.25, 0.3) is 0 Å². The van der Waals surface area contributed by atoms with Gasteiger partial charge in [0.05, 0.1) is 5.56 Å². The number of hydrogen-bond acceptors (Lipinski definition) is 5. The number of fused-ring (bicyclic) bond motifs is 1. The summed E-state index contributed by atoms with van der Waals surface area (Å²) in [4.78, 5) is 18.7. The van der Waals surface area contributed by atoms with Gasteiger partial charge in [-0.15, -0.1) is 11.3 Å². The molecule has 0 bridgehead atoms. The Balaban J connectivity index is 2.10. The van der Waals surface area contributed by atoms with Gasteiger partial charge in [0.15, 0.2) is 6.04 Å². The zero-order chi connectivity index (χ0) is 14.1. The van der Waals surface area contributed by atoms with E-state index in [-0.39, 0.29) is 0 Å². The number of nitrogens with zero attached hydrogens (tertiary/aromatic N) is 3. The molecular formula is C14H11N3O2S. The number of nitriles is 1. The summed E-state index contributed by atoms with van der Waals surface area (Å²) in [5, 5.41) is 20.6. The van der Waals surface area contributed by atoms with Crippen LogP contribution in [0, 0.1) is 11.3 Å². The predicted molar refractivity (Wildman–Crippen MR) is 74.7 cm³/mol. The van der Waals surface area contributed by atoms with Crippen LogP contribution in [0.1, 0.15) is 22.0 Å². The lowest BCUT2D eigenvalue weighted by Gasteiger charge is -2.34. The molecule has 0 spiro atoms. The Bertz CT molecular complexity index is 704. The molecule has 0 saturated heterocycles. The van der Waals surface area contributed by atoms with Crippen LogP contribution in [0.2, 0.25) is 0 Å². The molecule has 3 rings (SSSR count). The summed E-state index contributed by atoms with van der Waals surface area (Å²) in [6, 6.07) is 6.49. The fourth-order valence-electron chi connectivity index (χ4n) is 2.52. The topological polar surface area (TPSA) is 77.2 Å². The first-order valence-corrected chi connectivity index (χ1v) is 7.01. The molecular weight excluding hydrogens is 274 g/mol. The lowest BCUT2D eigenvalue weighted by molar-refractivity contribution is -0.138. The van der Waals surface area contributed by atoms with Gasteiger partial charge in [0.2, 0.25) is 0 Å². The normalized spacial score (nSPS) is 17.4. The van der Waals surface area contributed by atoms with Crippen molar-refractivity contribution in [3.63, 3.8) is 0 Å². The Morgan fingerprint density at radius 2 is 2.40 bits per heavy atom. The van der Waals surface area contributed by atoms with Crippen LogP contribution in [0.15, 0.2) is 29.8 Å². The van der Waals surface area contributed by atoms with Crippen molar-refractivity contribution < 1.29 is 9.90 Å². The standard InChI is InChI=1S/C14H11N3O2S/c15-8-9-2-1-5-16-13(9)17-6-3-11-10(4-7-20-11)12(17)14(18)19/h1-2,4-5,7,12H,3,6H2,(H,18,19). The van der Waals surface area contributed by atoms with Gasteiger partial charge in [-0.2, -0.15) is 5.26 Å². The molecule has 1 N–H and O–H groups in total. The van der Waals surface area contributed by atoms with E-state index >= 15 is 0 Å². The third-order valence-corrected chi connectivity index (χ3v) is 4.38. The maximum atomic E-state index is 11.7. The number of carbonyl (C=O) groups is 1. The van der Waals surface area contributed by atoms with Gasteiger partial charge < -0.3 is 10.0 Å². The van der Waals surface area contributed by atoms with Gasteiger partial charge in [-0.05, 0) is 35.6 Å². The van der Waals surface area contributed by atoms with E-state index in [2.05, 4.69) is 11.1 Å². The molecule has 6 heteroatoms. The highest BCUT2D eigenvalue weighted by Crippen LogP contribution is 2.36. The van der Waals surface area contributed by atoms with Gasteiger partial charge in [-0.1, -0.05) is 0 Å². The predicted octanol–water partition coefficient (Wildman–Crippen LogP) is 2.20. The van der Waals surface area contributed by atoms with Crippen molar-refractivity contribution in [1.29, 1.82) is 5.26 Å². The van der Waals surface area contributed by atoms with Crippen LogP contribution < -0.4 is 4.90 Å². The minimum Gasteiger partial charge on any atom is -0.479 e. The first-order chi connectivity index (χ1) is 9.72. The van der Waals surface area contributed by atoms with Crippen LogP contribution in [0.3, 0.4) is 0 Å². The summed E-state index contributed by atoms with van der Waals surface area (Å²) in [6.07, 6.45) is 2.36. The van der Waals surface area contributed by atoms with Crippen LogP contribution in [0.4, 0.5) is 5.82 Å². The van der Waals surface area contributed by atoms with Crippen molar-refractivity contribution in [3.05, 3.63) is 45.8 Å². The lowest BCUT2D eigenvalue weighted by atomic mass is 9.99. The SMILES string of the molecule is N#Cc1cccnc1N1CCc2sccc2C1C(=O)O. The van der Waals surface area contributed by atoms with Crippen LogP contribution in [-0.2, 0) is 11.2 Å². The molecule has 0 amide bonds. The van der Waals surface area contributed by atoms with Crippen molar-refractivity contribution in [3.8, 4) is 6.07 Å². The molecule has 2 aromatic rings. The molecule has 3 heterocycles. The molecule has 1 atom stereocenters. The number of pyridine rings is 1. The molecule has 20 heavy (non-hydrogen) atoms. The second-order valence-corrected chi connectivity index (χ2v) is 5.47. The summed E-state index contributed by atoms with van der Waals surface area (Å²) in [5.74, 6) is -0.474. The smallest absolute Gasteiger partial charge is 0.331 e. The Labute approximate surface area is 119 Å². The number of aliphatic carboxylic acids is 1. The van der Waals surface area contributed by atoms with Crippen molar-refractivity contribution >= 4 is 23.1 Å². The Morgan fingerprint density at radius 3 is 3.15 bits per heavy atom. The average molecular weight is 285 g/mol. The second kappa shape index (κ2) is 4.94. The molecule has 0 aromatic carbocycles. The van der Waals surface area contributed by atoms with E-state index in [9.17, 15) is 9.90 Å². The number of thiophene rings is 1. The van der Waals surface area contributed by atoms with Crippen molar-refractivity contribution in [2.45, 2.75) is 12.5 Å². The van der Waals surface area contributed by atoms with Crippen molar-refractivity contribution in [2.75, 3.05) is 11.4 Å². The zero-order valence-corrected chi connectivity index (χ0v) is 11.3. The van der Waals surface area contributed by atoms with Crippen LogP contribution in [0.25, 0.3) is 0 Å². The largest absolute Gasteiger partial charge is 0.479 e. The number of anilines is 1. The number of carboxylic acids is 1. The highest BCUT2D eigenvalue weighted by atomic mass is 32.1. The Kier molecular flexibility index (Phi) is 3.12. The molecule has 2 aromatic heterocycles. The molecule has 0 radical (unpaired) electrons. The van der Waals surface area contributed by atoms with Crippen molar-refractivity contribution in [2.24, 2.45) is 0 Å². The molecule has 1 unspecified atom stereocenters. The molecule has 1 aliphatic rings. The second-order valence-electron chi connectivity index (χ2n) is 4.47. The molecule has 0 fully saturated rings. The van der Waals surface area contributed by atoms with Gasteiger partial charge in [-0.3, -0.25) is 0 Å². The fraction of sp³-hybridized carbons (Fsp3) is 0.214. The molecule has 0 aliphatic carbocycles.